The lowest BCUT2D eigenvalue weighted by atomic mass is 10.2. The SMILES string of the molecule is CCNC(=NCCCN1CCN(c2ccccc2Cl)CC1)NC1CCS(=O)(=O)C1.I. The van der Waals surface area contributed by atoms with Crippen molar-refractivity contribution in [2.75, 3.05) is 62.2 Å². The molecule has 2 heterocycles. The Labute approximate surface area is 202 Å². The van der Waals surface area contributed by atoms with Crippen molar-refractivity contribution in [3.05, 3.63) is 29.3 Å². The minimum Gasteiger partial charge on any atom is -0.368 e. The van der Waals surface area contributed by atoms with E-state index in [-0.39, 0.29) is 41.5 Å². The molecule has 1 atom stereocenters. The highest BCUT2D eigenvalue weighted by atomic mass is 127. The van der Waals surface area contributed by atoms with Crippen LogP contribution in [0.3, 0.4) is 0 Å². The van der Waals surface area contributed by atoms with Crippen LogP contribution >= 0.6 is 35.6 Å². The van der Waals surface area contributed by atoms with Crippen molar-refractivity contribution in [1.82, 2.24) is 15.5 Å². The quantitative estimate of drug-likeness (QED) is 0.227. The molecular formula is C20H33ClIN5O2S. The Kier molecular flexibility index (Phi) is 10.5. The molecule has 10 heteroatoms. The normalized spacial score (nSPS) is 21.9. The van der Waals surface area contributed by atoms with Crippen LogP contribution in [0.4, 0.5) is 5.69 Å². The lowest BCUT2D eigenvalue weighted by Crippen LogP contribution is -2.47. The van der Waals surface area contributed by atoms with Crippen LogP contribution in [-0.4, -0.2) is 82.6 Å². The van der Waals surface area contributed by atoms with E-state index in [0.29, 0.717) is 6.42 Å². The largest absolute Gasteiger partial charge is 0.368 e. The second kappa shape index (κ2) is 12.3. The first kappa shape index (κ1) is 25.5. The van der Waals surface area contributed by atoms with Gasteiger partial charge in [-0.15, -0.1) is 24.0 Å². The second-order valence-corrected chi connectivity index (χ2v) is 10.3. The number of nitrogens with zero attached hydrogens (tertiary/aromatic N) is 3. The Morgan fingerprint density at radius 3 is 2.60 bits per heavy atom. The highest BCUT2D eigenvalue weighted by molar-refractivity contribution is 14.0. The fraction of sp³-hybridized carbons (Fsp3) is 0.650. The first-order valence-electron chi connectivity index (χ1n) is 10.4. The van der Waals surface area contributed by atoms with Crippen LogP contribution < -0.4 is 15.5 Å². The molecule has 170 valence electrons. The monoisotopic (exact) mass is 569 g/mol. The van der Waals surface area contributed by atoms with E-state index < -0.39 is 9.84 Å². The molecule has 0 aromatic heterocycles. The number of halogens is 2. The van der Waals surface area contributed by atoms with E-state index in [2.05, 4.69) is 31.5 Å². The van der Waals surface area contributed by atoms with Crippen molar-refractivity contribution >= 4 is 57.1 Å². The van der Waals surface area contributed by atoms with Gasteiger partial charge in [-0.05, 0) is 31.9 Å². The number of anilines is 1. The Morgan fingerprint density at radius 2 is 1.97 bits per heavy atom. The van der Waals surface area contributed by atoms with Gasteiger partial charge in [0.15, 0.2) is 15.8 Å². The van der Waals surface area contributed by atoms with E-state index in [4.69, 9.17) is 11.6 Å². The summed E-state index contributed by atoms with van der Waals surface area (Å²) < 4.78 is 23.3. The number of hydrogen-bond donors (Lipinski definition) is 2. The van der Waals surface area contributed by atoms with E-state index in [0.717, 1.165) is 68.9 Å². The van der Waals surface area contributed by atoms with Crippen LogP contribution in [0.5, 0.6) is 0 Å². The zero-order valence-electron chi connectivity index (χ0n) is 17.5. The molecule has 3 rings (SSSR count). The summed E-state index contributed by atoms with van der Waals surface area (Å²) in [6.45, 7) is 8.51. The maximum atomic E-state index is 11.6. The van der Waals surface area contributed by atoms with Crippen LogP contribution in [0.15, 0.2) is 29.3 Å². The summed E-state index contributed by atoms with van der Waals surface area (Å²) in [7, 11) is -2.89. The predicted octanol–water partition coefficient (Wildman–Crippen LogP) is 2.21. The Hall–Kier alpha value is -0.780. The van der Waals surface area contributed by atoms with E-state index in [1.807, 2.05) is 25.1 Å². The number of para-hydroxylation sites is 1. The molecule has 7 nitrogen and oxygen atoms in total. The fourth-order valence-corrected chi connectivity index (χ4v) is 5.76. The number of piperazine rings is 1. The number of hydrogen-bond acceptors (Lipinski definition) is 5. The van der Waals surface area contributed by atoms with E-state index in [1.165, 1.54) is 0 Å². The fourth-order valence-electron chi connectivity index (χ4n) is 3.83. The van der Waals surface area contributed by atoms with Crippen molar-refractivity contribution < 1.29 is 8.42 Å². The van der Waals surface area contributed by atoms with Gasteiger partial charge in [0.2, 0.25) is 0 Å². The van der Waals surface area contributed by atoms with Gasteiger partial charge < -0.3 is 15.5 Å². The van der Waals surface area contributed by atoms with Gasteiger partial charge in [-0.3, -0.25) is 9.89 Å². The van der Waals surface area contributed by atoms with Crippen LogP contribution in [0.25, 0.3) is 0 Å². The Morgan fingerprint density at radius 1 is 1.23 bits per heavy atom. The summed E-state index contributed by atoms with van der Waals surface area (Å²) in [6.07, 6.45) is 1.63. The molecule has 2 saturated heterocycles. The molecule has 1 aromatic rings. The van der Waals surface area contributed by atoms with Gasteiger partial charge in [0.05, 0.1) is 22.2 Å². The first-order valence-corrected chi connectivity index (χ1v) is 12.6. The van der Waals surface area contributed by atoms with Gasteiger partial charge >= 0.3 is 0 Å². The molecule has 1 aromatic carbocycles. The smallest absolute Gasteiger partial charge is 0.191 e. The van der Waals surface area contributed by atoms with Gasteiger partial charge in [0.25, 0.3) is 0 Å². The first-order chi connectivity index (χ1) is 14.0. The summed E-state index contributed by atoms with van der Waals surface area (Å²) in [5, 5.41) is 7.30. The van der Waals surface area contributed by atoms with Crippen molar-refractivity contribution in [2.24, 2.45) is 4.99 Å². The van der Waals surface area contributed by atoms with Gasteiger partial charge in [0, 0.05) is 51.9 Å². The molecule has 30 heavy (non-hydrogen) atoms. The average Bonchev–Trinajstić information content (AvgIpc) is 3.04. The Bertz CT molecular complexity index is 800. The third-order valence-electron chi connectivity index (χ3n) is 5.39. The molecule has 0 saturated carbocycles. The lowest BCUT2D eigenvalue weighted by Gasteiger charge is -2.36. The summed E-state index contributed by atoms with van der Waals surface area (Å²) in [5.74, 6) is 1.19. The van der Waals surface area contributed by atoms with Crippen molar-refractivity contribution in [3.8, 4) is 0 Å². The molecule has 0 aliphatic carbocycles. The number of sulfone groups is 1. The van der Waals surface area contributed by atoms with E-state index in [9.17, 15) is 8.42 Å². The standard InChI is InChI=1S/C20H32ClN5O2S.HI/c1-2-22-20(24-17-8-15-29(27,28)16-17)23-9-5-10-25-11-13-26(14-12-25)19-7-4-3-6-18(19)21;/h3-4,6-7,17H,2,5,8-16H2,1H3,(H2,22,23,24);1H. The molecule has 0 bridgehead atoms. The number of nitrogens with one attached hydrogen (secondary N) is 2. The summed E-state index contributed by atoms with van der Waals surface area (Å²) in [4.78, 5) is 9.44. The lowest BCUT2D eigenvalue weighted by molar-refractivity contribution is 0.256. The number of guanidine groups is 1. The maximum absolute atomic E-state index is 11.6. The molecule has 0 radical (unpaired) electrons. The van der Waals surface area contributed by atoms with Gasteiger partial charge in [0.1, 0.15) is 0 Å². The highest BCUT2D eigenvalue weighted by Gasteiger charge is 2.28. The van der Waals surface area contributed by atoms with Crippen LogP contribution in [0.2, 0.25) is 5.02 Å². The molecule has 0 spiro atoms. The number of aliphatic imine (C=N–C) groups is 1. The summed E-state index contributed by atoms with van der Waals surface area (Å²) >= 11 is 6.31. The van der Waals surface area contributed by atoms with E-state index >= 15 is 0 Å². The second-order valence-electron chi connectivity index (χ2n) is 7.64. The van der Waals surface area contributed by atoms with Gasteiger partial charge in [-0.25, -0.2) is 8.42 Å². The Balaban J connectivity index is 0.00000320. The summed E-state index contributed by atoms with van der Waals surface area (Å²) in [5.41, 5.74) is 1.12. The van der Waals surface area contributed by atoms with Crippen molar-refractivity contribution in [2.45, 2.75) is 25.8 Å². The van der Waals surface area contributed by atoms with E-state index in [1.54, 1.807) is 0 Å². The number of benzene rings is 1. The molecule has 1 unspecified atom stereocenters. The molecule has 2 fully saturated rings. The van der Waals surface area contributed by atoms with Crippen LogP contribution in [0.1, 0.15) is 19.8 Å². The molecular weight excluding hydrogens is 537 g/mol. The van der Waals surface area contributed by atoms with Crippen LogP contribution in [0, 0.1) is 0 Å². The predicted molar refractivity (Wildman–Crippen MR) is 136 cm³/mol. The summed E-state index contributed by atoms with van der Waals surface area (Å²) in [6, 6.07) is 7.99. The van der Waals surface area contributed by atoms with Gasteiger partial charge in [-0.1, -0.05) is 23.7 Å². The van der Waals surface area contributed by atoms with Crippen molar-refractivity contribution in [1.29, 1.82) is 0 Å². The average molecular weight is 570 g/mol. The maximum Gasteiger partial charge on any atom is 0.191 e. The molecule has 2 aliphatic heterocycles. The van der Waals surface area contributed by atoms with Gasteiger partial charge in [-0.2, -0.15) is 0 Å². The molecule has 2 aliphatic rings. The zero-order chi connectivity index (χ0) is 20.7. The number of rotatable bonds is 7. The topological polar surface area (TPSA) is 77.0 Å². The molecule has 0 amide bonds. The zero-order valence-corrected chi connectivity index (χ0v) is 21.4. The molecule has 2 N–H and O–H groups in total. The minimum atomic E-state index is -2.89. The van der Waals surface area contributed by atoms with Crippen molar-refractivity contribution in [3.63, 3.8) is 0 Å². The minimum absolute atomic E-state index is 0. The third-order valence-corrected chi connectivity index (χ3v) is 7.47. The highest BCUT2D eigenvalue weighted by Crippen LogP contribution is 2.25. The third kappa shape index (κ3) is 7.72. The van der Waals surface area contributed by atoms with Crippen LogP contribution in [-0.2, 0) is 9.84 Å².